The van der Waals surface area contributed by atoms with Gasteiger partial charge in [0.25, 0.3) is 11.5 Å². The van der Waals surface area contributed by atoms with Gasteiger partial charge in [0.05, 0.1) is 6.54 Å². The summed E-state index contributed by atoms with van der Waals surface area (Å²) in [6.07, 6.45) is 0. The van der Waals surface area contributed by atoms with Crippen LogP contribution in [-0.2, 0) is 6.54 Å². The van der Waals surface area contributed by atoms with Crippen molar-refractivity contribution in [3.8, 4) is 0 Å². The van der Waals surface area contributed by atoms with Crippen molar-refractivity contribution in [1.29, 1.82) is 0 Å². The number of hydrogen-bond donors (Lipinski definition) is 1. The largest absolute Gasteiger partial charge is 0.329 e. The van der Waals surface area contributed by atoms with Gasteiger partial charge in [0.1, 0.15) is 5.15 Å². The van der Waals surface area contributed by atoms with E-state index in [9.17, 15) is 18.4 Å². The maximum Gasteiger partial charge on any atom is 0.329 e. The molecule has 0 aliphatic heterocycles. The second-order valence-electron chi connectivity index (χ2n) is 3.33. The number of rotatable bonds is 2. The normalized spacial score (nSPS) is 11.8. The second-order valence-corrected chi connectivity index (χ2v) is 3.71. The van der Waals surface area contributed by atoms with Crippen molar-refractivity contribution in [2.75, 3.05) is 0 Å². The third-order valence-corrected chi connectivity index (χ3v) is 2.17. The quantitative estimate of drug-likeness (QED) is 0.786. The topological polar surface area (TPSA) is 54.9 Å². The molecule has 4 nitrogen and oxygen atoms in total. The van der Waals surface area contributed by atoms with Gasteiger partial charge in [-0.15, -0.1) is 0 Å². The van der Waals surface area contributed by atoms with E-state index in [1.165, 1.54) is 6.92 Å². The molecule has 1 aromatic heterocycles. The van der Waals surface area contributed by atoms with Crippen molar-refractivity contribution in [2.24, 2.45) is 0 Å². The minimum absolute atomic E-state index is 0.0421. The predicted octanol–water partition coefficient (Wildman–Crippen LogP) is 1.15. The minimum Gasteiger partial charge on any atom is -0.297 e. The van der Waals surface area contributed by atoms with Gasteiger partial charge in [-0.25, -0.2) is 13.6 Å². The summed E-state index contributed by atoms with van der Waals surface area (Å²) >= 11 is 5.51. The maximum atomic E-state index is 12.7. The van der Waals surface area contributed by atoms with Gasteiger partial charge in [0.2, 0.25) is 0 Å². The Hall–Kier alpha value is -1.17. The van der Waals surface area contributed by atoms with E-state index in [2.05, 4.69) is 4.98 Å². The first kappa shape index (κ1) is 11.9. The molecule has 0 saturated carbocycles. The zero-order valence-corrected chi connectivity index (χ0v) is 8.86. The van der Waals surface area contributed by atoms with E-state index in [0.717, 1.165) is 0 Å². The molecule has 1 aromatic rings. The number of aromatic amines is 1. The molecule has 0 atom stereocenters. The summed E-state index contributed by atoms with van der Waals surface area (Å²) in [4.78, 5) is 24.7. The summed E-state index contributed by atoms with van der Waals surface area (Å²) in [7, 11) is 0. The molecule has 0 radical (unpaired) electrons. The third kappa shape index (κ3) is 2.65. The average molecular weight is 239 g/mol. The first-order chi connectivity index (χ1) is 6.72. The minimum atomic E-state index is -3.13. The lowest BCUT2D eigenvalue weighted by molar-refractivity contribution is 0.00168. The highest BCUT2D eigenvalue weighted by atomic mass is 35.5. The lowest BCUT2D eigenvalue weighted by Gasteiger charge is -2.12. The van der Waals surface area contributed by atoms with Crippen LogP contribution in [0.1, 0.15) is 12.5 Å². The van der Waals surface area contributed by atoms with E-state index in [1.807, 2.05) is 0 Å². The molecule has 0 unspecified atom stereocenters. The van der Waals surface area contributed by atoms with Crippen molar-refractivity contribution in [3.05, 3.63) is 31.6 Å². The summed E-state index contributed by atoms with van der Waals surface area (Å²) in [6.45, 7) is 1.02. The molecule has 0 aliphatic carbocycles. The van der Waals surface area contributed by atoms with Crippen LogP contribution in [0.5, 0.6) is 0 Å². The SMILES string of the molecule is Cc1c(Cl)[nH]c(=O)n(CC(C)(F)F)c1=O. The van der Waals surface area contributed by atoms with Crippen LogP contribution >= 0.6 is 11.6 Å². The smallest absolute Gasteiger partial charge is 0.297 e. The Morgan fingerprint density at radius 1 is 1.47 bits per heavy atom. The molecule has 84 valence electrons. The lowest BCUT2D eigenvalue weighted by Crippen LogP contribution is -2.40. The third-order valence-electron chi connectivity index (χ3n) is 1.79. The molecule has 0 fully saturated rings. The van der Waals surface area contributed by atoms with Crippen LogP contribution in [0, 0.1) is 6.92 Å². The molecule has 0 spiro atoms. The molecule has 0 saturated heterocycles. The zero-order valence-electron chi connectivity index (χ0n) is 8.10. The second kappa shape index (κ2) is 3.77. The van der Waals surface area contributed by atoms with Crippen LogP contribution in [0.15, 0.2) is 9.59 Å². The molecule has 15 heavy (non-hydrogen) atoms. The number of nitrogens with zero attached hydrogens (tertiary/aromatic N) is 1. The van der Waals surface area contributed by atoms with E-state index in [4.69, 9.17) is 11.6 Å². The van der Waals surface area contributed by atoms with Crippen LogP contribution in [0.2, 0.25) is 5.15 Å². The van der Waals surface area contributed by atoms with E-state index < -0.39 is 23.7 Å². The van der Waals surface area contributed by atoms with Gasteiger partial charge >= 0.3 is 5.69 Å². The number of nitrogens with one attached hydrogen (secondary N) is 1. The highest BCUT2D eigenvalue weighted by molar-refractivity contribution is 6.30. The first-order valence-electron chi connectivity index (χ1n) is 4.09. The fourth-order valence-corrected chi connectivity index (χ4v) is 1.23. The Kier molecular flexibility index (Phi) is 2.99. The van der Waals surface area contributed by atoms with Crippen molar-refractivity contribution in [2.45, 2.75) is 26.3 Å². The van der Waals surface area contributed by atoms with E-state index >= 15 is 0 Å². The molecular formula is C8H9ClF2N2O2. The fourth-order valence-electron chi connectivity index (χ4n) is 1.06. The lowest BCUT2D eigenvalue weighted by atomic mass is 10.3. The molecule has 0 aromatic carbocycles. The predicted molar refractivity (Wildman–Crippen MR) is 51.7 cm³/mol. The summed E-state index contributed by atoms with van der Waals surface area (Å²) in [5.74, 6) is -3.13. The number of aromatic nitrogens is 2. The zero-order chi connectivity index (χ0) is 11.8. The van der Waals surface area contributed by atoms with Gasteiger partial charge in [-0.3, -0.25) is 14.3 Å². The number of halogens is 3. The molecule has 0 aliphatic rings. The highest BCUT2D eigenvalue weighted by Gasteiger charge is 2.24. The van der Waals surface area contributed by atoms with Crippen LogP contribution in [0.4, 0.5) is 8.78 Å². The van der Waals surface area contributed by atoms with E-state index in [1.54, 1.807) is 0 Å². The van der Waals surface area contributed by atoms with Crippen LogP contribution < -0.4 is 11.2 Å². The summed E-state index contributed by atoms with van der Waals surface area (Å²) < 4.78 is 25.7. The summed E-state index contributed by atoms with van der Waals surface area (Å²) in [5.41, 5.74) is -1.69. The van der Waals surface area contributed by atoms with Gasteiger partial charge in [-0.1, -0.05) is 11.6 Å². The standard InChI is InChI=1S/C8H9ClF2N2O2/c1-4-5(9)12-7(15)13(6(4)14)3-8(2,10)11/h3H2,1-2H3,(H,12,15). The van der Waals surface area contributed by atoms with Gasteiger partial charge < -0.3 is 0 Å². The number of H-pyrrole nitrogens is 1. The number of hydrogen-bond acceptors (Lipinski definition) is 2. The first-order valence-corrected chi connectivity index (χ1v) is 4.47. The van der Waals surface area contributed by atoms with Crippen LogP contribution in [0.3, 0.4) is 0 Å². The Balaban J connectivity index is 3.38. The van der Waals surface area contributed by atoms with E-state index in [-0.39, 0.29) is 10.7 Å². The molecular weight excluding hydrogens is 230 g/mol. The van der Waals surface area contributed by atoms with Crippen LogP contribution in [-0.4, -0.2) is 15.5 Å². The highest BCUT2D eigenvalue weighted by Crippen LogP contribution is 2.12. The van der Waals surface area contributed by atoms with Gasteiger partial charge in [0.15, 0.2) is 0 Å². The van der Waals surface area contributed by atoms with Crippen molar-refractivity contribution < 1.29 is 8.78 Å². The monoisotopic (exact) mass is 238 g/mol. The van der Waals surface area contributed by atoms with Crippen LogP contribution in [0.25, 0.3) is 0 Å². The molecule has 0 bridgehead atoms. The van der Waals surface area contributed by atoms with Crippen molar-refractivity contribution in [1.82, 2.24) is 9.55 Å². The van der Waals surface area contributed by atoms with Gasteiger partial charge in [-0.2, -0.15) is 0 Å². The van der Waals surface area contributed by atoms with E-state index in [0.29, 0.717) is 11.5 Å². The maximum absolute atomic E-state index is 12.7. The summed E-state index contributed by atoms with van der Waals surface area (Å²) in [6, 6.07) is 0. The molecule has 1 rings (SSSR count). The fraction of sp³-hybridized carbons (Fsp3) is 0.500. The average Bonchev–Trinajstić information content (AvgIpc) is 2.07. The Labute approximate surface area is 88.5 Å². The molecule has 0 amide bonds. The molecule has 1 heterocycles. The van der Waals surface area contributed by atoms with Gasteiger partial charge in [-0.05, 0) is 6.92 Å². The number of alkyl halides is 2. The van der Waals surface area contributed by atoms with Crippen molar-refractivity contribution >= 4 is 11.6 Å². The Morgan fingerprint density at radius 2 is 2.00 bits per heavy atom. The molecule has 7 heteroatoms. The van der Waals surface area contributed by atoms with Crippen molar-refractivity contribution in [3.63, 3.8) is 0 Å². The van der Waals surface area contributed by atoms with Gasteiger partial charge in [0, 0.05) is 12.5 Å². The Bertz CT molecular complexity index is 487. The summed E-state index contributed by atoms with van der Waals surface area (Å²) in [5, 5.41) is -0.124. The molecule has 1 N–H and O–H groups in total. The Morgan fingerprint density at radius 3 is 2.47 bits per heavy atom.